The molecule has 0 saturated carbocycles. The van der Waals surface area contributed by atoms with Crippen molar-refractivity contribution < 1.29 is 23.8 Å². The highest BCUT2D eigenvalue weighted by Crippen LogP contribution is 2.33. The van der Waals surface area contributed by atoms with Crippen molar-refractivity contribution in [3.8, 4) is 18.1 Å². The number of H-pyrrole nitrogens is 1. The van der Waals surface area contributed by atoms with Crippen molar-refractivity contribution in [2.45, 2.75) is 51.5 Å². The van der Waals surface area contributed by atoms with Gasteiger partial charge in [0.25, 0.3) is 5.91 Å². The molecule has 3 aromatic rings. The van der Waals surface area contributed by atoms with Crippen molar-refractivity contribution in [1.82, 2.24) is 24.9 Å². The first-order chi connectivity index (χ1) is 17.0. The molecule has 2 aliphatic rings. The normalized spacial score (nSPS) is 17.3. The predicted molar refractivity (Wildman–Crippen MR) is 123 cm³/mol. The number of aryl methyl sites for hydroxylation is 2. The van der Waals surface area contributed by atoms with Gasteiger partial charge in [-0.05, 0) is 18.6 Å². The third kappa shape index (κ3) is 4.66. The van der Waals surface area contributed by atoms with Crippen molar-refractivity contribution in [1.29, 1.82) is 0 Å². The zero-order valence-electron chi connectivity index (χ0n) is 19.1. The number of piperidine rings is 1. The number of amides is 3. The van der Waals surface area contributed by atoms with Crippen LogP contribution in [-0.2, 0) is 35.8 Å². The molecule has 2 aliphatic heterocycles. The van der Waals surface area contributed by atoms with Crippen LogP contribution in [0.2, 0.25) is 0 Å². The van der Waals surface area contributed by atoms with E-state index in [2.05, 4.69) is 21.3 Å². The van der Waals surface area contributed by atoms with E-state index in [9.17, 15) is 14.4 Å². The van der Waals surface area contributed by atoms with Gasteiger partial charge in [0.05, 0.1) is 24.8 Å². The number of nitrogens with zero attached hydrogens (tertiary/aromatic N) is 4. The first-order valence-electron chi connectivity index (χ1n) is 11.5. The van der Waals surface area contributed by atoms with E-state index in [1.54, 1.807) is 24.7 Å². The Morgan fingerprint density at radius 3 is 2.97 bits per heavy atom. The molecule has 10 nitrogen and oxygen atoms in total. The van der Waals surface area contributed by atoms with E-state index in [4.69, 9.17) is 11.2 Å². The molecule has 5 rings (SSSR count). The van der Waals surface area contributed by atoms with E-state index in [1.807, 2.05) is 27.7 Å². The number of terminal acetylenes is 1. The number of carbonyl (C=O) groups excluding carboxylic acids is 3. The number of aromatic amines is 1. The molecule has 1 aromatic carbocycles. The quantitative estimate of drug-likeness (QED) is 0.287. The molecule has 1 unspecified atom stereocenters. The fraction of sp³-hybridized carbons (Fsp3) is 0.320. The minimum absolute atomic E-state index is 0.220. The SMILES string of the molecule is C#Cc1c[nH][n+](CCCn2cnc(COc3cccc4c3CN(C3CCC(=O)NC3=O)C4=O)c2)c1. The van der Waals surface area contributed by atoms with Gasteiger partial charge in [-0.25, -0.2) is 4.98 Å². The smallest absolute Gasteiger partial charge is 0.255 e. The van der Waals surface area contributed by atoms with Gasteiger partial charge in [-0.2, -0.15) is 5.10 Å². The first-order valence-corrected chi connectivity index (χ1v) is 11.5. The van der Waals surface area contributed by atoms with Crippen LogP contribution in [-0.4, -0.2) is 43.3 Å². The average molecular weight is 474 g/mol. The van der Waals surface area contributed by atoms with E-state index in [0.717, 1.165) is 36.3 Å². The van der Waals surface area contributed by atoms with Gasteiger partial charge < -0.3 is 14.2 Å². The van der Waals surface area contributed by atoms with Gasteiger partial charge in [0, 0.05) is 36.7 Å². The molecule has 2 N–H and O–H groups in total. The minimum atomic E-state index is -0.654. The first kappa shape index (κ1) is 22.4. The van der Waals surface area contributed by atoms with Gasteiger partial charge >= 0.3 is 0 Å². The number of fused-ring (bicyclic) bond motifs is 1. The van der Waals surface area contributed by atoms with E-state index in [0.29, 0.717) is 17.7 Å². The van der Waals surface area contributed by atoms with Crippen LogP contribution >= 0.6 is 0 Å². The fourth-order valence-electron chi connectivity index (χ4n) is 4.47. The summed E-state index contributed by atoms with van der Waals surface area (Å²) in [5.41, 5.74) is 2.86. The zero-order chi connectivity index (χ0) is 24.4. The molecule has 35 heavy (non-hydrogen) atoms. The van der Waals surface area contributed by atoms with Gasteiger partial charge in [0.15, 0.2) is 6.54 Å². The Morgan fingerprint density at radius 2 is 2.17 bits per heavy atom. The number of carbonyl (C=O) groups is 3. The Hall–Kier alpha value is -4.39. The summed E-state index contributed by atoms with van der Waals surface area (Å²) in [5.74, 6) is 2.23. The highest BCUT2D eigenvalue weighted by Gasteiger charge is 2.40. The molecule has 0 spiro atoms. The number of nitrogens with one attached hydrogen (secondary N) is 2. The lowest BCUT2D eigenvalue weighted by Gasteiger charge is -2.29. The summed E-state index contributed by atoms with van der Waals surface area (Å²) in [5, 5.41) is 5.42. The highest BCUT2D eigenvalue weighted by atomic mass is 16.5. The van der Waals surface area contributed by atoms with Crippen molar-refractivity contribution in [2.75, 3.05) is 0 Å². The fourth-order valence-corrected chi connectivity index (χ4v) is 4.47. The molecule has 2 aromatic heterocycles. The second-order valence-electron chi connectivity index (χ2n) is 8.62. The van der Waals surface area contributed by atoms with E-state index in [1.165, 1.54) is 4.90 Å². The average Bonchev–Trinajstić information content (AvgIpc) is 3.58. The zero-order valence-corrected chi connectivity index (χ0v) is 19.1. The number of rotatable bonds is 8. The minimum Gasteiger partial charge on any atom is -0.487 e. The maximum atomic E-state index is 13.0. The van der Waals surface area contributed by atoms with Crippen LogP contribution < -0.4 is 14.7 Å². The molecule has 0 aliphatic carbocycles. The molecular formula is C25H25N6O4+. The monoisotopic (exact) mass is 473 g/mol. The second-order valence-corrected chi connectivity index (χ2v) is 8.62. The Balaban J connectivity index is 1.18. The summed E-state index contributed by atoms with van der Waals surface area (Å²) in [6.45, 7) is 2.12. The van der Waals surface area contributed by atoms with Crippen molar-refractivity contribution in [3.05, 3.63) is 65.5 Å². The summed E-state index contributed by atoms with van der Waals surface area (Å²) in [4.78, 5) is 42.6. The van der Waals surface area contributed by atoms with Gasteiger partial charge in [-0.3, -0.25) is 19.7 Å². The second kappa shape index (κ2) is 9.46. The Bertz CT molecular complexity index is 1330. The maximum Gasteiger partial charge on any atom is 0.255 e. The summed E-state index contributed by atoms with van der Waals surface area (Å²) in [7, 11) is 0. The third-order valence-electron chi connectivity index (χ3n) is 6.26. The number of ether oxygens (including phenoxy) is 1. The largest absolute Gasteiger partial charge is 0.487 e. The van der Waals surface area contributed by atoms with E-state index >= 15 is 0 Å². The molecule has 0 radical (unpaired) electrons. The summed E-state index contributed by atoms with van der Waals surface area (Å²) in [6.07, 6.45) is 14.2. The predicted octanol–water partition coefficient (Wildman–Crippen LogP) is 0.910. The number of hydrogen-bond acceptors (Lipinski definition) is 5. The lowest BCUT2D eigenvalue weighted by molar-refractivity contribution is -0.750. The highest BCUT2D eigenvalue weighted by molar-refractivity contribution is 6.05. The summed E-state index contributed by atoms with van der Waals surface area (Å²) < 4.78 is 9.99. The number of aromatic nitrogens is 4. The molecule has 3 amide bonds. The molecule has 1 atom stereocenters. The van der Waals surface area contributed by atoms with Crippen molar-refractivity contribution >= 4 is 17.7 Å². The summed E-state index contributed by atoms with van der Waals surface area (Å²) in [6, 6.07) is 4.66. The van der Waals surface area contributed by atoms with Crippen LogP contribution in [0.5, 0.6) is 5.75 Å². The Labute approximate surface area is 201 Å². The third-order valence-corrected chi connectivity index (χ3v) is 6.26. The van der Waals surface area contributed by atoms with E-state index in [-0.39, 0.29) is 31.4 Å². The van der Waals surface area contributed by atoms with E-state index < -0.39 is 11.9 Å². The van der Waals surface area contributed by atoms with Crippen LogP contribution in [0.15, 0.2) is 43.1 Å². The summed E-state index contributed by atoms with van der Waals surface area (Å²) >= 11 is 0. The Kier molecular flexibility index (Phi) is 6.06. The molecule has 178 valence electrons. The number of imidazole rings is 1. The number of imide groups is 1. The molecule has 0 bridgehead atoms. The topological polar surface area (TPSA) is 113 Å². The lowest BCUT2D eigenvalue weighted by atomic mass is 10.0. The van der Waals surface area contributed by atoms with Crippen LogP contribution in [0, 0.1) is 12.3 Å². The molecule has 10 heteroatoms. The lowest BCUT2D eigenvalue weighted by Crippen LogP contribution is -2.52. The van der Waals surface area contributed by atoms with Crippen molar-refractivity contribution in [3.63, 3.8) is 0 Å². The van der Waals surface area contributed by atoms with Crippen LogP contribution in [0.25, 0.3) is 0 Å². The molecule has 1 saturated heterocycles. The van der Waals surface area contributed by atoms with Crippen LogP contribution in [0.1, 0.15) is 46.4 Å². The van der Waals surface area contributed by atoms with Crippen molar-refractivity contribution in [2.24, 2.45) is 0 Å². The Morgan fingerprint density at radius 1 is 1.29 bits per heavy atom. The van der Waals surface area contributed by atoms with Gasteiger partial charge in [-0.1, -0.05) is 12.0 Å². The molecule has 4 heterocycles. The van der Waals surface area contributed by atoms with Gasteiger partial charge in [0.2, 0.25) is 18.0 Å². The number of hydrogen-bond donors (Lipinski definition) is 2. The van der Waals surface area contributed by atoms with Crippen LogP contribution in [0.4, 0.5) is 0 Å². The number of benzene rings is 1. The maximum absolute atomic E-state index is 13.0. The van der Waals surface area contributed by atoms with Crippen LogP contribution in [0.3, 0.4) is 0 Å². The standard InChI is InChI=1S/C25H24N6O4/c1-2-17-11-27-30(12-17)10-4-9-29-13-18(26-16-29)15-35-22-6-3-5-19-20(22)14-31(25(19)34)21-7-8-23(32)28-24(21)33/h1,3,5-6,11-13,16,21H,4,7-10,14-15H2,(H,28,32,33)/p+1. The van der Waals surface area contributed by atoms with Gasteiger partial charge in [-0.15, -0.1) is 11.1 Å². The molecular weight excluding hydrogens is 448 g/mol. The van der Waals surface area contributed by atoms with Gasteiger partial charge in [0.1, 0.15) is 24.0 Å². The molecule has 1 fully saturated rings.